The van der Waals surface area contributed by atoms with Crippen LogP contribution in [0.25, 0.3) is 0 Å². The zero-order chi connectivity index (χ0) is 14.8. The van der Waals surface area contributed by atoms with E-state index in [1.54, 1.807) is 12.1 Å². The van der Waals surface area contributed by atoms with Crippen molar-refractivity contribution in [1.82, 2.24) is 10.1 Å². The smallest absolute Gasteiger partial charge is 0.228 e. The third-order valence-electron chi connectivity index (χ3n) is 3.32. The molecule has 0 aliphatic heterocycles. The Hall–Kier alpha value is -1.88. The van der Waals surface area contributed by atoms with Crippen LogP contribution in [0.2, 0.25) is 0 Å². The van der Waals surface area contributed by atoms with E-state index in [-0.39, 0.29) is 17.2 Å². The summed E-state index contributed by atoms with van der Waals surface area (Å²) in [5.74, 6) is 1.45. The van der Waals surface area contributed by atoms with Crippen molar-refractivity contribution in [1.29, 1.82) is 0 Å². The lowest BCUT2D eigenvalue weighted by Gasteiger charge is -2.25. The first-order chi connectivity index (χ1) is 9.34. The molecule has 3 N–H and O–H groups in total. The molecule has 108 valence electrons. The van der Waals surface area contributed by atoms with Gasteiger partial charge in [0.05, 0.1) is 0 Å². The average Bonchev–Trinajstić information content (AvgIpc) is 2.78. The SMILES string of the molecule is CC(C)(C)C(N)Cc1nc(Cc2ccc(O)cc2)no1. The van der Waals surface area contributed by atoms with Crippen LogP contribution >= 0.6 is 0 Å². The van der Waals surface area contributed by atoms with E-state index in [1.807, 2.05) is 12.1 Å². The summed E-state index contributed by atoms with van der Waals surface area (Å²) in [4.78, 5) is 4.36. The number of benzene rings is 1. The van der Waals surface area contributed by atoms with E-state index < -0.39 is 0 Å². The van der Waals surface area contributed by atoms with Gasteiger partial charge in [-0.25, -0.2) is 0 Å². The Morgan fingerprint density at radius 1 is 1.25 bits per heavy atom. The van der Waals surface area contributed by atoms with Gasteiger partial charge in [-0.2, -0.15) is 4.98 Å². The van der Waals surface area contributed by atoms with E-state index in [1.165, 1.54) is 0 Å². The van der Waals surface area contributed by atoms with E-state index in [0.29, 0.717) is 24.6 Å². The molecule has 1 heterocycles. The third-order valence-corrected chi connectivity index (χ3v) is 3.32. The molecule has 1 unspecified atom stereocenters. The van der Waals surface area contributed by atoms with E-state index in [4.69, 9.17) is 10.3 Å². The van der Waals surface area contributed by atoms with Crippen LogP contribution in [-0.2, 0) is 12.8 Å². The molecular formula is C15H21N3O2. The summed E-state index contributed by atoms with van der Waals surface area (Å²) in [5.41, 5.74) is 7.13. The fourth-order valence-corrected chi connectivity index (χ4v) is 1.74. The van der Waals surface area contributed by atoms with E-state index in [9.17, 15) is 5.11 Å². The van der Waals surface area contributed by atoms with Gasteiger partial charge in [0.15, 0.2) is 5.82 Å². The predicted molar refractivity (Wildman–Crippen MR) is 76.3 cm³/mol. The molecule has 0 saturated heterocycles. The number of nitrogens with two attached hydrogens (primary N) is 1. The predicted octanol–water partition coefficient (Wildman–Crippen LogP) is 2.28. The molecule has 1 aromatic heterocycles. The third kappa shape index (κ3) is 3.81. The summed E-state index contributed by atoms with van der Waals surface area (Å²) in [6.45, 7) is 6.27. The Morgan fingerprint density at radius 2 is 1.90 bits per heavy atom. The van der Waals surface area contributed by atoms with Crippen LogP contribution < -0.4 is 5.73 Å². The van der Waals surface area contributed by atoms with Crippen LogP contribution in [0.1, 0.15) is 38.0 Å². The molecule has 5 heteroatoms. The molecule has 0 amide bonds. The van der Waals surface area contributed by atoms with E-state index >= 15 is 0 Å². The molecule has 20 heavy (non-hydrogen) atoms. The van der Waals surface area contributed by atoms with Crippen molar-refractivity contribution in [3.63, 3.8) is 0 Å². The summed E-state index contributed by atoms with van der Waals surface area (Å²) < 4.78 is 5.24. The number of phenolic OH excluding ortho intramolecular Hbond substituents is 1. The molecule has 0 saturated carbocycles. The molecule has 0 aliphatic rings. The molecule has 0 fully saturated rings. The van der Waals surface area contributed by atoms with Crippen molar-refractivity contribution >= 4 is 0 Å². The van der Waals surface area contributed by atoms with Crippen molar-refractivity contribution in [3.8, 4) is 5.75 Å². The fraction of sp³-hybridized carbons (Fsp3) is 0.467. The second-order valence-corrected chi connectivity index (χ2v) is 6.12. The van der Waals surface area contributed by atoms with Gasteiger partial charge < -0.3 is 15.4 Å². The standard InChI is InChI=1S/C15H21N3O2/c1-15(2,3)12(16)9-14-17-13(18-20-14)8-10-4-6-11(19)7-5-10/h4-7,12,19H,8-9,16H2,1-3H3. The van der Waals surface area contributed by atoms with Gasteiger partial charge in [-0.05, 0) is 23.1 Å². The number of hydrogen-bond acceptors (Lipinski definition) is 5. The van der Waals surface area contributed by atoms with Crippen molar-refractivity contribution in [3.05, 3.63) is 41.5 Å². The van der Waals surface area contributed by atoms with Crippen LogP contribution in [0.5, 0.6) is 5.75 Å². The first-order valence-corrected chi connectivity index (χ1v) is 6.69. The fourth-order valence-electron chi connectivity index (χ4n) is 1.74. The highest BCUT2D eigenvalue weighted by atomic mass is 16.5. The van der Waals surface area contributed by atoms with Crippen LogP contribution in [0.4, 0.5) is 0 Å². The van der Waals surface area contributed by atoms with E-state index in [2.05, 4.69) is 30.9 Å². The number of aromatic nitrogens is 2. The molecule has 1 atom stereocenters. The maximum atomic E-state index is 9.24. The highest BCUT2D eigenvalue weighted by molar-refractivity contribution is 5.27. The maximum Gasteiger partial charge on any atom is 0.228 e. The topological polar surface area (TPSA) is 85.2 Å². The van der Waals surface area contributed by atoms with Crippen molar-refractivity contribution in [2.45, 2.75) is 39.7 Å². The highest BCUT2D eigenvalue weighted by Crippen LogP contribution is 2.20. The van der Waals surface area contributed by atoms with Crippen molar-refractivity contribution in [2.24, 2.45) is 11.1 Å². The monoisotopic (exact) mass is 275 g/mol. The zero-order valence-electron chi connectivity index (χ0n) is 12.1. The maximum absolute atomic E-state index is 9.24. The summed E-state index contributed by atoms with van der Waals surface area (Å²) in [5, 5.41) is 13.2. The summed E-state index contributed by atoms with van der Waals surface area (Å²) in [6, 6.07) is 6.94. The summed E-state index contributed by atoms with van der Waals surface area (Å²) >= 11 is 0. The molecule has 0 aliphatic carbocycles. The van der Waals surface area contributed by atoms with Crippen molar-refractivity contribution < 1.29 is 9.63 Å². The average molecular weight is 275 g/mol. The van der Waals surface area contributed by atoms with Gasteiger partial charge in [0.25, 0.3) is 0 Å². The van der Waals surface area contributed by atoms with Gasteiger partial charge in [-0.1, -0.05) is 38.1 Å². The normalized spacial score (nSPS) is 13.4. The lowest BCUT2D eigenvalue weighted by atomic mass is 9.85. The minimum atomic E-state index is -0.0236. The molecule has 0 spiro atoms. The minimum Gasteiger partial charge on any atom is -0.508 e. The molecule has 0 bridgehead atoms. The minimum absolute atomic E-state index is 0.00555. The highest BCUT2D eigenvalue weighted by Gasteiger charge is 2.23. The Labute approximate surface area is 118 Å². The number of nitrogens with zero attached hydrogens (tertiary/aromatic N) is 2. The number of hydrogen-bond donors (Lipinski definition) is 2. The van der Waals surface area contributed by atoms with Crippen LogP contribution in [0, 0.1) is 5.41 Å². The number of rotatable bonds is 4. The second-order valence-electron chi connectivity index (χ2n) is 6.12. The van der Waals surface area contributed by atoms with Crippen LogP contribution in [0.3, 0.4) is 0 Å². The number of aromatic hydroxyl groups is 1. The Kier molecular flexibility index (Phi) is 4.09. The Balaban J connectivity index is 2.00. The lowest BCUT2D eigenvalue weighted by molar-refractivity contribution is 0.285. The van der Waals surface area contributed by atoms with Gasteiger partial charge in [-0.3, -0.25) is 0 Å². The quantitative estimate of drug-likeness (QED) is 0.894. The molecule has 0 radical (unpaired) electrons. The molecular weight excluding hydrogens is 254 g/mol. The van der Waals surface area contributed by atoms with Gasteiger partial charge in [0, 0.05) is 18.9 Å². The second kappa shape index (κ2) is 5.63. The number of phenols is 1. The van der Waals surface area contributed by atoms with Crippen molar-refractivity contribution in [2.75, 3.05) is 0 Å². The first kappa shape index (κ1) is 14.5. The zero-order valence-corrected chi connectivity index (χ0v) is 12.1. The van der Waals surface area contributed by atoms with Gasteiger partial charge >= 0.3 is 0 Å². The lowest BCUT2D eigenvalue weighted by Crippen LogP contribution is -2.37. The largest absolute Gasteiger partial charge is 0.508 e. The van der Waals surface area contributed by atoms with Gasteiger partial charge in [0.2, 0.25) is 5.89 Å². The molecule has 5 nitrogen and oxygen atoms in total. The summed E-state index contributed by atoms with van der Waals surface area (Å²) in [7, 11) is 0. The van der Waals surface area contributed by atoms with Gasteiger partial charge in [0.1, 0.15) is 5.75 Å². The molecule has 2 aromatic rings. The summed E-state index contributed by atoms with van der Waals surface area (Å²) in [6.07, 6.45) is 1.15. The van der Waals surface area contributed by atoms with Crippen LogP contribution in [-0.4, -0.2) is 21.3 Å². The Bertz CT molecular complexity index is 555. The molecule has 1 aromatic carbocycles. The van der Waals surface area contributed by atoms with E-state index in [0.717, 1.165) is 5.56 Å². The van der Waals surface area contributed by atoms with Crippen LogP contribution in [0.15, 0.2) is 28.8 Å². The van der Waals surface area contributed by atoms with Gasteiger partial charge in [-0.15, -0.1) is 0 Å². The first-order valence-electron chi connectivity index (χ1n) is 6.69. The molecule has 2 rings (SSSR count). The Morgan fingerprint density at radius 3 is 2.50 bits per heavy atom.